The first-order valence-electron chi connectivity index (χ1n) is 8.67. The Morgan fingerprint density at radius 3 is 2.20 bits per heavy atom. The smallest absolute Gasteiger partial charge is 0.0678 e. The Bertz CT molecular complexity index is 266. The van der Waals surface area contributed by atoms with Gasteiger partial charge in [0.2, 0.25) is 0 Å². The standard InChI is InChI=1S/C17H34N2O/c1-5-14(2)10-18-8-6-17(7-9-18)13-19-11-15(3)20-16(4)12-19/h14-17H,5-13H2,1-4H3. The second kappa shape index (κ2) is 7.77. The fourth-order valence-corrected chi connectivity index (χ4v) is 3.72. The summed E-state index contributed by atoms with van der Waals surface area (Å²) in [5.41, 5.74) is 0. The Labute approximate surface area is 125 Å². The van der Waals surface area contributed by atoms with Crippen LogP contribution in [0.4, 0.5) is 0 Å². The predicted molar refractivity (Wildman–Crippen MR) is 85.1 cm³/mol. The van der Waals surface area contributed by atoms with Gasteiger partial charge in [-0.25, -0.2) is 0 Å². The van der Waals surface area contributed by atoms with Crippen LogP contribution in [0.15, 0.2) is 0 Å². The highest BCUT2D eigenvalue weighted by Gasteiger charge is 2.26. The Kier molecular flexibility index (Phi) is 6.31. The van der Waals surface area contributed by atoms with Gasteiger partial charge in [-0.05, 0) is 51.6 Å². The molecule has 3 atom stereocenters. The zero-order valence-corrected chi connectivity index (χ0v) is 14.0. The van der Waals surface area contributed by atoms with Crippen molar-refractivity contribution in [2.24, 2.45) is 11.8 Å². The summed E-state index contributed by atoms with van der Waals surface area (Å²) in [4.78, 5) is 5.31. The van der Waals surface area contributed by atoms with Crippen molar-refractivity contribution >= 4 is 0 Å². The van der Waals surface area contributed by atoms with Crippen LogP contribution in [0, 0.1) is 11.8 Å². The topological polar surface area (TPSA) is 15.7 Å². The Morgan fingerprint density at radius 2 is 1.65 bits per heavy atom. The third kappa shape index (κ3) is 5.01. The summed E-state index contributed by atoms with van der Waals surface area (Å²) < 4.78 is 5.83. The average Bonchev–Trinajstić information content (AvgIpc) is 2.39. The largest absolute Gasteiger partial charge is 0.373 e. The van der Waals surface area contributed by atoms with Gasteiger partial charge in [-0.3, -0.25) is 4.90 Å². The summed E-state index contributed by atoms with van der Waals surface area (Å²) in [5.74, 6) is 1.76. The molecule has 3 heteroatoms. The number of likely N-dealkylation sites (tertiary alicyclic amines) is 1. The van der Waals surface area contributed by atoms with Gasteiger partial charge in [-0.15, -0.1) is 0 Å². The van der Waals surface area contributed by atoms with E-state index >= 15 is 0 Å². The monoisotopic (exact) mass is 282 g/mol. The molecule has 3 unspecified atom stereocenters. The number of hydrogen-bond acceptors (Lipinski definition) is 3. The van der Waals surface area contributed by atoms with Gasteiger partial charge in [0.25, 0.3) is 0 Å². The summed E-state index contributed by atoms with van der Waals surface area (Å²) in [7, 11) is 0. The summed E-state index contributed by atoms with van der Waals surface area (Å²) in [6.45, 7) is 16.5. The molecule has 0 aromatic carbocycles. The van der Waals surface area contributed by atoms with Crippen molar-refractivity contribution in [1.29, 1.82) is 0 Å². The van der Waals surface area contributed by atoms with Gasteiger partial charge in [0.1, 0.15) is 0 Å². The number of piperidine rings is 1. The lowest BCUT2D eigenvalue weighted by atomic mass is 9.94. The molecule has 20 heavy (non-hydrogen) atoms. The number of ether oxygens (including phenoxy) is 1. The summed E-state index contributed by atoms with van der Waals surface area (Å²) in [6, 6.07) is 0. The molecular weight excluding hydrogens is 248 g/mol. The average molecular weight is 282 g/mol. The van der Waals surface area contributed by atoms with E-state index in [-0.39, 0.29) is 0 Å². The van der Waals surface area contributed by atoms with Crippen LogP contribution in [-0.2, 0) is 4.74 Å². The maximum atomic E-state index is 5.83. The van der Waals surface area contributed by atoms with Crippen molar-refractivity contribution in [3.8, 4) is 0 Å². The molecule has 3 nitrogen and oxygen atoms in total. The van der Waals surface area contributed by atoms with E-state index in [1.165, 1.54) is 45.4 Å². The number of nitrogens with zero attached hydrogens (tertiary/aromatic N) is 2. The third-order valence-corrected chi connectivity index (χ3v) is 4.99. The second-order valence-corrected chi connectivity index (χ2v) is 7.23. The molecule has 118 valence electrons. The van der Waals surface area contributed by atoms with Gasteiger partial charge in [0, 0.05) is 26.2 Å². The first-order chi connectivity index (χ1) is 9.56. The van der Waals surface area contributed by atoms with Crippen LogP contribution in [0.1, 0.15) is 47.0 Å². The Balaban J connectivity index is 1.69. The molecule has 0 amide bonds. The molecule has 0 aromatic heterocycles. The highest BCUT2D eigenvalue weighted by Crippen LogP contribution is 2.21. The summed E-state index contributed by atoms with van der Waals surface area (Å²) in [6.07, 6.45) is 4.89. The quantitative estimate of drug-likeness (QED) is 0.771. The third-order valence-electron chi connectivity index (χ3n) is 4.99. The lowest BCUT2D eigenvalue weighted by Crippen LogP contribution is -2.48. The Morgan fingerprint density at radius 1 is 1.05 bits per heavy atom. The molecule has 2 rings (SSSR count). The maximum Gasteiger partial charge on any atom is 0.0678 e. The summed E-state index contributed by atoms with van der Waals surface area (Å²) in [5, 5.41) is 0. The van der Waals surface area contributed by atoms with E-state index in [9.17, 15) is 0 Å². The molecule has 2 aliphatic rings. The number of hydrogen-bond donors (Lipinski definition) is 0. The molecule has 0 N–H and O–H groups in total. The van der Waals surface area contributed by atoms with Crippen molar-refractivity contribution in [1.82, 2.24) is 9.80 Å². The lowest BCUT2D eigenvalue weighted by Gasteiger charge is -2.39. The first-order valence-corrected chi connectivity index (χ1v) is 8.67. The highest BCUT2D eigenvalue weighted by atomic mass is 16.5. The molecule has 0 spiro atoms. The fourth-order valence-electron chi connectivity index (χ4n) is 3.72. The predicted octanol–water partition coefficient (Wildman–Crippen LogP) is 2.85. The minimum atomic E-state index is 0.407. The van der Waals surface area contributed by atoms with Crippen molar-refractivity contribution in [3.63, 3.8) is 0 Å². The SMILES string of the molecule is CCC(C)CN1CCC(CN2CC(C)OC(C)C2)CC1. The molecule has 2 saturated heterocycles. The van der Waals surface area contributed by atoms with Crippen LogP contribution in [-0.4, -0.2) is 61.3 Å². The van der Waals surface area contributed by atoms with Crippen LogP contribution in [0.25, 0.3) is 0 Å². The second-order valence-electron chi connectivity index (χ2n) is 7.23. The molecule has 2 heterocycles. The van der Waals surface area contributed by atoms with E-state index in [2.05, 4.69) is 37.5 Å². The van der Waals surface area contributed by atoms with Crippen molar-refractivity contribution in [2.75, 3.05) is 39.3 Å². The molecule has 0 radical (unpaired) electrons. The maximum absolute atomic E-state index is 5.83. The van der Waals surface area contributed by atoms with Crippen LogP contribution in [0.2, 0.25) is 0 Å². The van der Waals surface area contributed by atoms with E-state index in [4.69, 9.17) is 4.74 Å². The minimum Gasteiger partial charge on any atom is -0.373 e. The van der Waals surface area contributed by atoms with Gasteiger partial charge >= 0.3 is 0 Å². The van der Waals surface area contributed by atoms with Gasteiger partial charge < -0.3 is 9.64 Å². The Hall–Kier alpha value is -0.120. The van der Waals surface area contributed by atoms with Crippen LogP contribution >= 0.6 is 0 Å². The van der Waals surface area contributed by atoms with E-state index < -0.39 is 0 Å². The molecule has 0 bridgehead atoms. The van der Waals surface area contributed by atoms with Crippen molar-refractivity contribution in [2.45, 2.75) is 59.2 Å². The zero-order chi connectivity index (χ0) is 14.5. The van der Waals surface area contributed by atoms with Crippen molar-refractivity contribution < 1.29 is 4.74 Å². The molecule has 2 fully saturated rings. The fraction of sp³-hybridized carbons (Fsp3) is 1.00. The molecule has 0 aliphatic carbocycles. The first kappa shape index (κ1) is 16.3. The van der Waals surface area contributed by atoms with Gasteiger partial charge in [0.15, 0.2) is 0 Å². The molecule has 0 saturated carbocycles. The van der Waals surface area contributed by atoms with E-state index in [1.807, 2.05) is 0 Å². The summed E-state index contributed by atoms with van der Waals surface area (Å²) >= 11 is 0. The van der Waals surface area contributed by atoms with E-state index in [0.29, 0.717) is 12.2 Å². The van der Waals surface area contributed by atoms with Crippen LogP contribution < -0.4 is 0 Å². The van der Waals surface area contributed by atoms with Gasteiger partial charge in [0.05, 0.1) is 12.2 Å². The van der Waals surface area contributed by atoms with Crippen LogP contribution in [0.3, 0.4) is 0 Å². The van der Waals surface area contributed by atoms with E-state index in [1.54, 1.807) is 0 Å². The van der Waals surface area contributed by atoms with Crippen molar-refractivity contribution in [3.05, 3.63) is 0 Å². The molecular formula is C17H34N2O. The van der Waals surface area contributed by atoms with E-state index in [0.717, 1.165) is 24.9 Å². The number of rotatable bonds is 5. The zero-order valence-electron chi connectivity index (χ0n) is 14.0. The van der Waals surface area contributed by atoms with Gasteiger partial charge in [-0.1, -0.05) is 20.3 Å². The normalized spacial score (nSPS) is 32.4. The number of morpholine rings is 1. The highest BCUT2D eigenvalue weighted by molar-refractivity contribution is 4.79. The molecule has 0 aromatic rings. The molecule has 2 aliphatic heterocycles. The lowest BCUT2D eigenvalue weighted by molar-refractivity contribution is -0.0732. The van der Waals surface area contributed by atoms with Crippen LogP contribution in [0.5, 0.6) is 0 Å². The minimum absolute atomic E-state index is 0.407. The van der Waals surface area contributed by atoms with Gasteiger partial charge in [-0.2, -0.15) is 0 Å².